The number of morpholine rings is 1. The third-order valence-electron chi connectivity index (χ3n) is 4.34. The van der Waals surface area contributed by atoms with Gasteiger partial charge >= 0.3 is 5.97 Å². The standard InChI is InChI=1S/C12H19NO3/c14-12(15)10-2-1-3-11(10)13-6-8-4-5-9(7-13)16-8/h8-11H,1-7H2,(H,14,15). The van der Waals surface area contributed by atoms with E-state index in [0.717, 1.165) is 45.2 Å². The topological polar surface area (TPSA) is 49.8 Å². The average molecular weight is 225 g/mol. The van der Waals surface area contributed by atoms with Crippen molar-refractivity contribution in [3.8, 4) is 0 Å². The maximum Gasteiger partial charge on any atom is 0.308 e. The van der Waals surface area contributed by atoms with E-state index in [-0.39, 0.29) is 12.0 Å². The summed E-state index contributed by atoms with van der Waals surface area (Å²) in [6.07, 6.45) is 6.02. The average Bonchev–Trinajstić information content (AvgIpc) is 2.85. The van der Waals surface area contributed by atoms with E-state index < -0.39 is 5.97 Å². The number of fused-ring (bicyclic) bond motifs is 2. The molecular weight excluding hydrogens is 206 g/mol. The molecule has 0 radical (unpaired) electrons. The highest BCUT2D eigenvalue weighted by molar-refractivity contribution is 5.71. The van der Waals surface area contributed by atoms with Gasteiger partial charge in [0.1, 0.15) is 0 Å². The van der Waals surface area contributed by atoms with Crippen molar-refractivity contribution in [3.05, 3.63) is 0 Å². The zero-order chi connectivity index (χ0) is 11.1. The fourth-order valence-corrected chi connectivity index (χ4v) is 3.58. The van der Waals surface area contributed by atoms with E-state index in [1.807, 2.05) is 0 Å². The normalized spacial score (nSPS) is 43.8. The molecule has 0 spiro atoms. The van der Waals surface area contributed by atoms with Crippen molar-refractivity contribution in [1.82, 2.24) is 4.90 Å². The predicted molar refractivity (Wildman–Crippen MR) is 58.2 cm³/mol. The van der Waals surface area contributed by atoms with E-state index in [1.54, 1.807) is 0 Å². The number of carbonyl (C=O) groups is 1. The SMILES string of the molecule is O=C(O)C1CCCC1N1CC2CCC(C1)O2. The number of likely N-dealkylation sites (tertiary alicyclic amines) is 1. The monoisotopic (exact) mass is 225 g/mol. The quantitative estimate of drug-likeness (QED) is 0.764. The third-order valence-corrected chi connectivity index (χ3v) is 4.34. The van der Waals surface area contributed by atoms with Crippen molar-refractivity contribution in [2.45, 2.75) is 50.4 Å². The molecule has 3 aliphatic rings. The first-order valence-electron chi connectivity index (χ1n) is 6.36. The summed E-state index contributed by atoms with van der Waals surface area (Å²) < 4.78 is 5.79. The lowest BCUT2D eigenvalue weighted by atomic mass is 10.0. The molecule has 16 heavy (non-hydrogen) atoms. The van der Waals surface area contributed by atoms with Crippen LogP contribution in [0.2, 0.25) is 0 Å². The minimum atomic E-state index is -0.610. The zero-order valence-corrected chi connectivity index (χ0v) is 9.47. The minimum Gasteiger partial charge on any atom is -0.481 e. The lowest BCUT2D eigenvalue weighted by Crippen LogP contribution is -2.50. The van der Waals surface area contributed by atoms with Crippen LogP contribution in [0.3, 0.4) is 0 Å². The van der Waals surface area contributed by atoms with Crippen LogP contribution in [0.25, 0.3) is 0 Å². The number of hydrogen-bond donors (Lipinski definition) is 1. The van der Waals surface area contributed by atoms with Crippen molar-refractivity contribution < 1.29 is 14.6 Å². The number of rotatable bonds is 2. The first-order chi connectivity index (χ1) is 7.74. The van der Waals surface area contributed by atoms with Crippen LogP contribution in [0.15, 0.2) is 0 Å². The van der Waals surface area contributed by atoms with E-state index >= 15 is 0 Å². The second-order valence-corrected chi connectivity index (χ2v) is 5.35. The molecule has 4 unspecified atom stereocenters. The zero-order valence-electron chi connectivity index (χ0n) is 9.47. The van der Waals surface area contributed by atoms with Gasteiger partial charge in [-0.25, -0.2) is 0 Å². The molecule has 3 rings (SSSR count). The molecular formula is C12H19NO3. The van der Waals surface area contributed by atoms with Crippen LogP contribution < -0.4 is 0 Å². The molecule has 0 aromatic rings. The van der Waals surface area contributed by atoms with E-state index in [1.165, 1.54) is 0 Å². The van der Waals surface area contributed by atoms with Gasteiger partial charge in [0.15, 0.2) is 0 Å². The lowest BCUT2D eigenvalue weighted by Gasteiger charge is -2.37. The van der Waals surface area contributed by atoms with Gasteiger partial charge in [0.05, 0.1) is 18.1 Å². The van der Waals surface area contributed by atoms with Gasteiger partial charge in [-0.15, -0.1) is 0 Å². The maximum absolute atomic E-state index is 11.2. The van der Waals surface area contributed by atoms with Gasteiger partial charge in [-0.1, -0.05) is 6.42 Å². The van der Waals surface area contributed by atoms with E-state index in [9.17, 15) is 9.90 Å². The second kappa shape index (κ2) is 4.00. The molecule has 2 bridgehead atoms. The van der Waals surface area contributed by atoms with Gasteiger partial charge in [-0.3, -0.25) is 9.69 Å². The Morgan fingerprint density at radius 2 is 1.81 bits per heavy atom. The smallest absolute Gasteiger partial charge is 0.308 e. The molecule has 1 N–H and O–H groups in total. The Bertz CT molecular complexity index is 282. The van der Waals surface area contributed by atoms with Gasteiger partial charge in [-0.2, -0.15) is 0 Å². The summed E-state index contributed by atoms with van der Waals surface area (Å²) in [4.78, 5) is 13.6. The number of aliphatic carboxylic acids is 1. The number of nitrogens with zero attached hydrogens (tertiary/aromatic N) is 1. The summed E-state index contributed by atoms with van der Waals surface area (Å²) in [7, 11) is 0. The summed E-state index contributed by atoms with van der Waals surface area (Å²) in [6.45, 7) is 1.90. The Morgan fingerprint density at radius 3 is 2.44 bits per heavy atom. The van der Waals surface area contributed by atoms with Crippen LogP contribution >= 0.6 is 0 Å². The van der Waals surface area contributed by atoms with Crippen LogP contribution in [0, 0.1) is 5.92 Å². The number of carboxylic acids is 1. The van der Waals surface area contributed by atoms with Crippen LogP contribution in [-0.4, -0.2) is 47.3 Å². The first-order valence-corrected chi connectivity index (χ1v) is 6.36. The second-order valence-electron chi connectivity index (χ2n) is 5.35. The van der Waals surface area contributed by atoms with Crippen molar-refractivity contribution in [3.63, 3.8) is 0 Å². The van der Waals surface area contributed by atoms with Gasteiger partial charge < -0.3 is 9.84 Å². The number of ether oxygens (including phenoxy) is 1. The summed E-state index contributed by atoms with van der Waals surface area (Å²) in [5, 5.41) is 9.20. The summed E-state index contributed by atoms with van der Waals surface area (Å²) in [5.74, 6) is -0.751. The first kappa shape index (κ1) is 10.5. The lowest BCUT2D eigenvalue weighted by molar-refractivity contribution is -0.145. The summed E-state index contributed by atoms with van der Waals surface area (Å²) in [5.41, 5.74) is 0. The Labute approximate surface area is 95.6 Å². The van der Waals surface area contributed by atoms with Crippen molar-refractivity contribution in [2.75, 3.05) is 13.1 Å². The summed E-state index contributed by atoms with van der Waals surface area (Å²) >= 11 is 0. The van der Waals surface area contributed by atoms with Gasteiger partial charge in [0.25, 0.3) is 0 Å². The molecule has 4 atom stereocenters. The largest absolute Gasteiger partial charge is 0.481 e. The number of carboxylic acid groups (broad SMARTS) is 1. The highest BCUT2D eigenvalue weighted by atomic mass is 16.5. The van der Waals surface area contributed by atoms with Crippen molar-refractivity contribution in [2.24, 2.45) is 5.92 Å². The Morgan fingerprint density at radius 1 is 1.12 bits per heavy atom. The Kier molecular flexibility index (Phi) is 2.64. The third kappa shape index (κ3) is 1.74. The molecule has 1 aliphatic carbocycles. The molecule has 90 valence electrons. The molecule has 2 saturated heterocycles. The molecule has 4 heteroatoms. The predicted octanol–water partition coefficient (Wildman–Crippen LogP) is 1.10. The highest BCUT2D eigenvalue weighted by Crippen LogP contribution is 2.35. The van der Waals surface area contributed by atoms with E-state index in [4.69, 9.17) is 4.74 Å². The minimum absolute atomic E-state index is 0.141. The van der Waals surface area contributed by atoms with Gasteiger partial charge in [-0.05, 0) is 25.7 Å². The fourth-order valence-electron chi connectivity index (χ4n) is 3.58. The molecule has 4 nitrogen and oxygen atoms in total. The summed E-state index contributed by atoms with van der Waals surface area (Å²) in [6, 6.07) is 0.268. The molecule has 3 fully saturated rings. The van der Waals surface area contributed by atoms with Gasteiger partial charge in [0, 0.05) is 19.1 Å². The number of hydrogen-bond acceptors (Lipinski definition) is 3. The van der Waals surface area contributed by atoms with Gasteiger partial charge in [0.2, 0.25) is 0 Å². The highest BCUT2D eigenvalue weighted by Gasteiger charge is 2.42. The van der Waals surface area contributed by atoms with Crippen LogP contribution in [-0.2, 0) is 9.53 Å². The molecule has 0 amide bonds. The van der Waals surface area contributed by atoms with E-state index in [0.29, 0.717) is 12.2 Å². The van der Waals surface area contributed by atoms with Crippen molar-refractivity contribution in [1.29, 1.82) is 0 Å². The molecule has 2 aliphatic heterocycles. The Hall–Kier alpha value is -0.610. The van der Waals surface area contributed by atoms with Crippen LogP contribution in [0.5, 0.6) is 0 Å². The molecule has 0 aromatic heterocycles. The fraction of sp³-hybridized carbons (Fsp3) is 0.917. The molecule has 2 heterocycles. The van der Waals surface area contributed by atoms with Crippen molar-refractivity contribution >= 4 is 5.97 Å². The van der Waals surface area contributed by atoms with Crippen LogP contribution in [0.1, 0.15) is 32.1 Å². The molecule has 0 aromatic carbocycles. The molecule has 1 saturated carbocycles. The Balaban J connectivity index is 1.70. The van der Waals surface area contributed by atoms with Crippen LogP contribution in [0.4, 0.5) is 0 Å². The van der Waals surface area contributed by atoms with E-state index in [2.05, 4.69) is 4.90 Å². The maximum atomic E-state index is 11.2.